The Morgan fingerprint density at radius 3 is 2.50 bits per heavy atom. The van der Waals surface area contributed by atoms with Crippen LogP contribution in [0.15, 0.2) is 48.5 Å². The number of methoxy groups -OCH3 is 1. The smallest absolute Gasteiger partial charge is 0.330 e. The van der Waals surface area contributed by atoms with Crippen LogP contribution in [0.3, 0.4) is 0 Å². The average Bonchev–Trinajstić information content (AvgIpc) is 3.20. The molecule has 0 atom stereocenters. The SMILES string of the molecule is COc1nc2cc(N3CCN(C(C)=O)CC3)ccc2n1C(=O)NCCCc1ccccc1. The summed E-state index contributed by atoms with van der Waals surface area (Å²) in [5.41, 5.74) is 3.68. The van der Waals surface area contributed by atoms with Crippen molar-refractivity contribution in [2.75, 3.05) is 44.7 Å². The van der Waals surface area contributed by atoms with E-state index in [-0.39, 0.29) is 17.9 Å². The van der Waals surface area contributed by atoms with Gasteiger partial charge >= 0.3 is 12.0 Å². The lowest BCUT2D eigenvalue weighted by molar-refractivity contribution is -0.129. The molecule has 1 aliphatic rings. The molecule has 1 fully saturated rings. The normalized spacial score (nSPS) is 13.9. The zero-order valence-electron chi connectivity index (χ0n) is 18.6. The van der Waals surface area contributed by atoms with E-state index in [2.05, 4.69) is 27.3 Å². The highest BCUT2D eigenvalue weighted by molar-refractivity contribution is 5.92. The molecule has 2 amide bonds. The van der Waals surface area contributed by atoms with Crippen LogP contribution in [0.1, 0.15) is 18.9 Å². The summed E-state index contributed by atoms with van der Waals surface area (Å²) in [5, 5.41) is 2.97. The summed E-state index contributed by atoms with van der Waals surface area (Å²) in [7, 11) is 1.52. The van der Waals surface area contributed by atoms with E-state index in [9.17, 15) is 9.59 Å². The number of ether oxygens (including phenoxy) is 1. The number of carbonyl (C=O) groups excluding carboxylic acids is 2. The highest BCUT2D eigenvalue weighted by atomic mass is 16.5. The summed E-state index contributed by atoms with van der Waals surface area (Å²) in [4.78, 5) is 33.0. The van der Waals surface area contributed by atoms with E-state index in [1.807, 2.05) is 41.3 Å². The molecule has 0 bridgehead atoms. The van der Waals surface area contributed by atoms with Gasteiger partial charge in [-0.1, -0.05) is 30.3 Å². The number of piperazine rings is 1. The van der Waals surface area contributed by atoms with Gasteiger partial charge in [-0.15, -0.1) is 0 Å². The lowest BCUT2D eigenvalue weighted by atomic mass is 10.1. The molecule has 0 saturated carbocycles. The maximum atomic E-state index is 12.9. The first kappa shape index (κ1) is 21.7. The Labute approximate surface area is 187 Å². The van der Waals surface area contributed by atoms with Crippen LogP contribution in [-0.2, 0) is 11.2 Å². The van der Waals surface area contributed by atoms with Crippen LogP contribution in [0.25, 0.3) is 11.0 Å². The summed E-state index contributed by atoms with van der Waals surface area (Å²) in [6, 6.07) is 16.1. The van der Waals surface area contributed by atoms with Gasteiger partial charge in [0, 0.05) is 45.3 Å². The van der Waals surface area contributed by atoms with Gasteiger partial charge in [0.2, 0.25) is 5.91 Å². The van der Waals surface area contributed by atoms with Crippen LogP contribution in [0.2, 0.25) is 0 Å². The van der Waals surface area contributed by atoms with Gasteiger partial charge in [0.1, 0.15) is 0 Å². The molecule has 0 unspecified atom stereocenters. The molecule has 1 aliphatic heterocycles. The largest absolute Gasteiger partial charge is 0.468 e. The maximum Gasteiger partial charge on any atom is 0.330 e. The van der Waals surface area contributed by atoms with Gasteiger partial charge in [0.05, 0.1) is 18.1 Å². The molecule has 2 heterocycles. The Bertz CT molecular complexity index is 1090. The number of aryl methyl sites for hydroxylation is 1. The van der Waals surface area contributed by atoms with Crippen molar-refractivity contribution in [1.82, 2.24) is 19.8 Å². The van der Waals surface area contributed by atoms with Crippen LogP contribution in [0, 0.1) is 0 Å². The van der Waals surface area contributed by atoms with E-state index >= 15 is 0 Å². The Balaban J connectivity index is 1.43. The maximum absolute atomic E-state index is 12.9. The Hall–Kier alpha value is -3.55. The van der Waals surface area contributed by atoms with Crippen molar-refractivity contribution < 1.29 is 14.3 Å². The van der Waals surface area contributed by atoms with Crippen molar-refractivity contribution in [2.24, 2.45) is 0 Å². The average molecular weight is 436 g/mol. The molecule has 8 nitrogen and oxygen atoms in total. The Kier molecular flexibility index (Phi) is 6.58. The number of anilines is 1. The van der Waals surface area contributed by atoms with Gasteiger partial charge in [-0.25, -0.2) is 9.36 Å². The Morgan fingerprint density at radius 1 is 1.06 bits per heavy atom. The number of hydrogen-bond donors (Lipinski definition) is 1. The number of nitrogens with zero attached hydrogens (tertiary/aromatic N) is 4. The fraction of sp³-hybridized carbons (Fsp3) is 0.375. The molecular formula is C24H29N5O3. The number of carbonyl (C=O) groups is 2. The monoisotopic (exact) mass is 435 g/mol. The van der Waals surface area contributed by atoms with E-state index in [0.29, 0.717) is 30.7 Å². The second-order valence-corrected chi connectivity index (χ2v) is 7.92. The number of amides is 2. The number of fused-ring (bicyclic) bond motifs is 1. The van der Waals surface area contributed by atoms with Gasteiger partial charge in [-0.05, 0) is 36.6 Å². The number of nitrogens with one attached hydrogen (secondary N) is 1. The lowest BCUT2D eigenvalue weighted by Crippen LogP contribution is -2.48. The van der Waals surface area contributed by atoms with E-state index in [0.717, 1.165) is 31.6 Å². The van der Waals surface area contributed by atoms with E-state index in [1.54, 1.807) is 6.92 Å². The summed E-state index contributed by atoms with van der Waals surface area (Å²) in [5.74, 6) is 0.110. The third-order valence-corrected chi connectivity index (χ3v) is 5.84. The van der Waals surface area contributed by atoms with Crippen LogP contribution < -0.4 is 15.0 Å². The molecule has 4 rings (SSSR count). The van der Waals surface area contributed by atoms with Crippen molar-refractivity contribution in [1.29, 1.82) is 0 Å². The highest BCUT2D eigenvalue weighted by Gasteiger charge is 2.21. The van der Waals surface area contributed by atoms with Crippen molar-refractivity contribution in [3.63, 3.8) is 0 Å². The molecule has 0 spiro atoms. The molecule has 0 aliphatic carbocycles. The van der Waals surface area contributed by atoms with Gasteiger partial charge in [0.25, 0.3) is 0 Å². The van der Waals surface area contributed by atoms with Gasteiger partial charge in [0.15, 0.2) is 0 Å². The molecule has 0 radical (unpaired) electrons. The summed E-state index contributed by atoms with van der Waals surface area (Å²) in [6.45, 7) is 5.12. The first-order chi connectivity index (χ1) is 15.6. The molecular weight excluding hydrogens is 406 g/mol. The second kappa shape index (κ2) is 9.72. The van der Waals surface area contributed by atoms with Gasteiger partial charge in [-0.2, -0.15) is 4.98 Å². The minimum atomic E-state index is -0.250. The molecule has 2 aromatic carbocycles. The predicted octanol–water partition coefficient (Wildman–Crippen LogP) is 2.90. The van der Waals surface area contributed by atoms with Crippen molar-refractivity contribution in [2.45, 2.75) is 19.8 Å². The number of rotatable bonds is 6. The Morgan fingerprint density at radius 2 is 1.81 bits per heavy atom. The van der Waals surface area contributed by atoms with Crippen molar-refractivity contribution >= 4 is 28.7 Å². The van der Waals surface area contributed by atoms with Crippen LogP contribution >= 0.6 is 0 Å². The summed E-state index contributed by atoms with van der Waals surface area (Å²) < 4.78 is 6.87. The summed E-state index contributed by atoms with van der Waals surface area (Å²) in [6.07, 6.45) is 1.75. The molecule has 8 heteroatoms. The zero-order valence-corrected chi connectivity index (χ0v) is 18.6. The third-order valence-electron chi connectivity index (χ3n) is 5.84. The first-order valence-corrected chi connectivity index (χ1v) is 11.0. The molecule has 3 aromatic rings. The highest BCUT2D eigenvalue weighted by Crippen LogP contribution is 2.26. The van der Waals surface area contributed by atoms with Crippen molar-refractivity contribution in [3.05, 3.63) is 54.1 Å². The number of imidazole rings is 1. The number of benzene rings is 2. The van der Waals surface area contributed by atoms with Crippen molar-refractivity contribution in [3.8, 4) is 6.01 Å². The molecule has 1 saturated heterocycles. The molecule has 168 valence electrons. The zero-order chi connectivity index (χ0) is 22.5. The first-order valence-electron chi connectivity index (χ1n) is 11.0. The lowest BCUT2D eigenvalue weighted by Gasteiger charge is -2.35. The van der Waals surface area contributed by atoms with Crippen LogP contribution in [-0.4, -0.2) is 66.2 Å². The fourth-order valence-electron chi connectivity index (χ4n) is 4.07. The third kappa shape index (κ3) is 4.69. The molecule has 1 N–H and O–H groups in total. The van der Waals surface area contributed by atoms with Crippen LogP contribution in [0.4, 0.5) is 10.5 Å². The minimum Gasteiger partial charge on any atom is -0.468 e. The van der Waals surface area contributed by atoms with E-state index < -0.39 is 0 Å². The summed E-state index contributed by atoms with van der Waals surface area (Å²) >= 11 is 0. The molecule has 32 heavy (non-hydrogen) atoms. The number of aromatic nitrogens is 2. The topological polar surface area (TPSA) is 79.7 Å². The fourth-order valence-corrected chi connectivity index (χ4v) is 4.07. The molecule has 1 aromatic heterocycles. The van der Waals surface area contributed by atoms with Gasteiger partial charge < -0.3 is 19.9 Å². The van der Waals surface area contributed by atoms with Gasteiger partial charge in [-0.3, -0.25) is 4.79 Å². The predicted molar refractivity (Wildman–Crippen MR) is 124 cm³/mol. The van der Waals surface area contributed by atoms with E-state index in [1.165, 1.54) is 17.2 Å². The quantitative estimate of drug-likeness (QED) is 0.603. The standard InChI is InChI=1S/C24H29N5O3/c1-18(30)27-13-15-28(16-14-27)20-10-11-22-21(17-20)26-24(32-2)29(22)23(31)25-12-6-9-19-7-4-3-5-8-19/h3-5,7-8,10-11,17H,6,9,12-16H2,1-2H3,(H,25,31). The second-order valence-electron chi connectivity index (χ2n) is 7.92. The minimum absolute atomic E-state index is 0.110. The van der Waals surface area contributed by atoms with Crippen LogP contribution in [0.5, 0.6) is 6.01 Å². The number of hydrogen-bond acceptors (Lipinski definition) is 5. The van der Waals surface area contributed by atoms with E-state index in [4.69, 9.17) is 4.74 Å².